The summed E-state index contributed by atoms with van der Waals surface area (Å²) in [5, 5.41) is 2.91. The summed E-state index contributed by atoms with van der Waals surface area (Å²) in [6.07, 6.45) is 1.05. The van der Waals surface area contributed by atoms with Gasteiger partial charge >= 0.3 is 5.97 Å². The van der Waals surface area contributed by atoms with E-state index in [1.54, 1.807) is 30.3 Å². The highest BCUT2D eigenvalue weighted by Crippen LogP contribution is 2.31. The Morgan fingerprint density at radius 3 is 2.52 bits per heavy atom. The van der Waals surface area contributed by atoms with Crippen molar-refractivity contribution in [2.24, 2.45) is 0 Å². The van der Waals surface area contributed by atoms with Crippen LogP contribution in [0.2, 0.25) is 0 Å². The molecule has 2 aromatic rings. The Kier molecular flexibility index (Phi) is 4.96. The summed E-state index contributed by atoms with van der Waals surface area (Å²) < 4.78 is 16.6. The van der Waals surface area contributed by atoms with Gasteiger partial charge in [-0.2, -0.15) is 0 Å². The fourth-order valence-electron chi connectivity index (χ4n) is 2.94. The van der Waals surface area contributed by atoms with E-state index in [9.17, 15) is 9.59 Å². The third kappa shape index (κ3) is 4.39. The second kappa shape index (κ2) is 7.70. The van der Waals surface area contributed by atoms with Gasteiger partial charge in [-0.1, -0.05) is 36.4 Å². The molecule has 4 rings (SSSR count). The molecular weight excluding hydrogens is 346 g/mol. The third-order valence-electron chi connectivity index (χ3n) is 4.47. The van der Waals surface area contributed by atoms with E-state index in [2.05, 4.69) is 5.32 Å². The van der Waals surface area contributed by atoms with Gasteiger partial charge in [0.15, 0.2) is 11.5 Å². The lowest BCUT2D eigenvalue weighted by atomic mass is 10.1. The Labute approximate surface area is 157 Å². The molecule has 140 valence electrons. The van der Waals surface area contributed by atoms with Crippen LogP contribution >= 0.6 is 0 Å². The van der Waals surface area contributed by atoms with Crippen molar-refractivity contribution in [2.45, 2.75) is 31.4 Å². The molecule has 1 saturated carbocycles. The molecule has 0 aromatic heterocycles. The number of esters is 1. The van der Waals surface area contributed by atoms with Gasteiger partial charge < -0.3 is 19.5 Å². The number of hydrogen-bond acceptors (Lipinski definition) is 5. The molecule has 0 unspecified atom stereocenters. The fourth-order valence-corrected chi connectivity index (χ4v) is 2.94. The predicted molar refractivity (Wildman–Crippen MR) is 97.6 cm³/mol. The zero-order chi connectivity index (χ0) is 18.6. The average Bonchev–Trinajstić information content (AvgIpc) is 3.50. The Hall–Kier alpha value is -3.02. The van der Waals surface area contributed by atoms with Gasteiger partial charge in [0.25, 0.3) is 5.91 Å². The van der Waals surface area contributed by atoms with E-state index >= 15 is 0 Å². The second-order valence-electron chi connectivity index (χ2n) is 6.72. The first-order valence-corrected chi connectivity index (χ1v) is 9.12. The number of fused-ring (bicyclic) bond motifs is 1. The smallest absolute Gasteiger partial charge is 0.311 e. The maximum atomic E-state index is 12.5. The van der Waals surface area contributed by atoms with Crippen molar-refractivity contribution in [2.75, 3.05) is 13.2 Å². The largest absolute Gasteiger partial charge is 0.486 e. The summed E-state index contributed by atoms with van der Waals surface area (Å²) in [4.78, 5) is 25.0. The molecule has 27 heavy (non-hydrogen) atoms. The lowest BCUT2D eigenvalue weighted by Gasteiger charge is -2.20. The van der Waals surface area contributed by atoms with Gasteiger partial charge in [-0.15, -0.1) is 0 Å². The van der Waals surface area contributed by atoms with Crippen LogP contribution < -0.4 is 14.8 Å². The first-order chi connectivity index (χ1) is 13.2. The van der Waals surface area contributed by atoms with Crippen LogP contribution in [-0.2, 0) is 20.7 Å². The highest BCUT2D eigenvalue weighted by Gasteiger charge is 2.30. The van der Waals surface area contributed by atoms with Crippen LogP contribution in [0.25, 0.3) is 0 Å². The molecule has 6 nitrogen and oxygen atoms in total. The summed E-state index contributed by atoms with van der Waals surface area (Å²) in [6, 6.07) is 14.6. The minimum atomic E-state index is -0.948. The number of carbonyl (C=O) groups excluding carboxylic acids is 2. The van der Waals surface area contributed by atoms with Crippen molar-refractivity contribution >= 4 is 11.9 Å². The maximum Gasteiger partial charge on any atom is 0.311 e. The van der Waals surface area contributed by atoms with Crippen LogP contribution in [0.4, 0.5) is 0 Å². The van der Waals surface area contributed by atoms with Crippen molar-refractivity contribution in [3.05, 3.63) is 59.7 Å². The highest BCUT2D eigenvalue weighted by molar-refractivity contribution is 5.86. The number of ether oxygens (including phenoxy) is 3. The quantitative estimate of drug-likeness (QED) is 0.795. The molecule has 1 atom stereocenters. The van der Waals surface area contributed by atoms with E-state index in [0.717, 1.165) is 18.4 Å². The number of carbonyl (C=O) groups is 2. The molecule has 1 aliphatic heterocycles. The SMILES string of the molecule is O=C(Cc1ccc2c(c1)OCCO2)O[C@H](C(=O)NC1CC1)c1ccccc1. The maximum absolute atomic E-state index is 12.5. The molecule has 1 aliphatic carbocycles. The lowest BCUT2D eigenvalue weighted by Crippen LogP contribution is -2.33. The van der Waals surface area contributed by atoms with Crippen LogP contribution in [-0.4, -0.2) is 31.1 Å². The minimum absolute atomic E-state index is 0.0523. The van der Waals surface area contributed by atoms with Crippen molar-refractivity contribution in [3.63, 3.8) is 0 Å². The van der Waals surface area contributed by atoms with Crippen molar-refractivity contribution in [1.82, 2.24) is 5.32 Å². The number of rotatable bonds is 6. The molecular formula is C21H21NO5. The van der Waals surface area contributed by atoms with Gasteiger partial charge in [0.05, 0.1) is 6.42 Å². The third-order valence-corrected chi connectivity index (χ3v) is 4.47. The number of amides is 1. The van der Waals surface area contributed by atoms with Crippen LogP contribution in [0.15, 0.2) is 48.5 Å². The molecule has 2 aliphatic rings. The summed E-state index contributed by atoms with van der Waals surface area (Å²) in [5.41, 5.74) is 1.41. The van der Waals surface area contributed by atoms with Crippen LogP contribution in [0.5, 0.6) is 11.5 Å². The first kappa shape index (κ1) is 17.4. The van der Waals surface area contributed by atoms with E-state index in [4.69, 9.17) is 14.2 Å². The molecule has 0 radical (unpaired) electrons. The average molecular weight is 367 g/mol. The normalized spacial score (nSPS) is 16.3. The van der Waals surface area contributed by atoms with Crippen molar-refractivity contribution in [3.8, 4) is 11.5 Å². The number of nitrogens with one attached hydrogen (secondary N) is 1. The fraction of sp³-hybridized carbons (Fsp3) is 0.333. The van der Waals surface area contributed by atoms with E-state index < -0.39 is 12.1 Å². The first-order valence-electron chi connectivity index (χ1n) is 9.12. The summed E-state index contributed by atoms with van der Waals surface area (Å²) in [6.45, 7) is 1.00. The van der Waals surface area contributed by atoms with Gasteiger partial charge in [-0.25, -0.2) is 0 Å². The van der Waals surface area contributed by atoms with Gasteiger partial charge in [-0.05, 0) is 30.5 Å². The van der Waals surface area contributed by atoms with Gasteiger partial charge in [0, 0.05) is 11.6 Å². The zero-order valence-electron chi connectivity index (χ0n) is 14.9. The highest BCUT2D eigenvalue weighted by atomic mass is 16.6. The van der Waals surface area contributed by atoms with E-state index in [1.165, 1.54) is 0 Å². The number of hydrogen-bond donors (Lipinski definition) is 1. The van der Waals surface area contributed by atoms with Crippen LogP contribution in [0.3, 0.4) is 0 Å². The van der Waals surface area contributed by atoms with Crippen molar-refractivity contribution < 1.29 is 23.8 Å². The standard InChI is InChI=1S/C21H21NO5/c23-19(13-14-6-9-17-18(12-14)26-11-10-25-17)27-20(15-4-2-1-3-5-15)21(24)22-16-7-8-16/h1-6,9,12,16,20H,7-8,10-11,13H2,(H,22,24)/t20-/m0/s1. The minimum Gasteiger partial charge on any atom is -0.486 e. The Morgan fingerprint density at radius 1 is 1.04 bits per heavy atom. The molecule has 1 fully saturated rings. The van der Waals surface area contributed by atoms with Crippen molar-refractivity contribution in [1.29, 1.82) is 0 Å². The Morgan fingerprint density at radius 2 is 1.78 bits per heavy atom. The summed E-state index contributed by atoms with van der Waals surface area (Å²) in [7, 11) is 0. The molecule has 2 aromatic carbocycles. The Balaban J connectivity index is 1.45. The van der Waals surface area contributed by atoms with E-state index in [-0.39, 0.29) is 18.4 Å². The molecule has 0 saturated heterocycles. The summed E-state index contributed by atoms with van der Waals surface area (Å²) in [5.74, 6) is 0.549. The molecule has 1 N–H and O–H groups in total. The van der Waals surface area contributed by atoms with E-state index in [1.807, 2.05) is 18.2 Å². The number of benzene rings is 2. The molecule has 0 bridgehead atoms. The van der Waals surface area contributed by atoms with Gasteiger partial charge in [0.2, 0.25) is 6.10 Å². The zero-order valence-corrected chi connectivity index (χ0v) is 14.9. The van der Waals surface area contributed by atoms with Gasteiger partial charge in [-0.3, -0.25) is 9.59 Å². The van der Waals surface area contributed by atoms with Gasteiger partial charge in [0.1, 0.15) is 13.2 Å². The molecule has 1 heterocycles. The second-order valence-corrected chi connectivity index (χ2v) is 6.72. The van der Waals surface area contributed by atoms with Crippen LogP contribution in [0.1, 0.15) is 30.1 Å². The topological polar surface area (TPSA) is 73.9 Å². The molecule has 1 amide bonds. The predicted octanol–water partition coefficient (Wildman–Crippen LogP) is 2.56. The summed E-state index contributed by atoms with van der Waals surface area (Å²) >= 11 is 0. The molecule has 0 spiro atoms. The molecule has 6 heteroatoms. The Bertz CT molecular complexity index is 832. The van der Waals surface area contributed by atoms with E-state index in [0.29, 0.717) is 30.3 Å². The van der Waals surface area contributed by atoms with Crippen LogP contribution in [0, 0.1) is 0 Å². The lowest BCUT2D eigenvalue weighted by molar-refractivity contribution is -0.156. The monoisotopic (exact) mass is 367 g/mol.